The number of aromatic amines is 1. The molecule has 3 aromatic rings. The first-order valence-corrected chi connectivity index (χ1v) is 10.8. The van der Waals surface area contributed by atoms with Crippen LogP contribution in [0.2, 0.25) is 0 Å². The van der Waals surface area contributed by atoms with Crippen LogP contribution in [0.15, 0.2) is 36.4 Å². The van der Waals surface area contributed by atoms with Gasteiger partial charge >= 0.3 is 0 Å². The number of carbonyl (C=O) groups excluding carboxylic acids is 2. The Morgan fingerprint density at radius 3 is 2.54 bits per heavy atom. The molecule has 1 aromatic carbocycles. The molecule has 1 fully saturated rings. The molecule has 3 heterocycles. The van der Waals surface area contributed by atoms with Crippen molar-refractivity contribution in [2.45, 2.75) is 45.4 Å². The van der Waals surface area contributed by atoms with Gasteiger partial charge in [-0.25, -0.2) is 0 Å². The highest BCUT2D eigenvalue weighted by Gasteiger charge is 2.25. The summed E-state index contributed by atoms with van der Waals surface area (Å²) in [6.07, 6.45) is 2.55. The summed E-state index contributed by atoms with van der Waals surface area (Å²) < 4.78 is 0. The highest BCUT2D eigenvalue weighted by Crippen LogP contribution is 2.30. The number of nitrogens with one attached hydrogen (secondary N) is 1. The number of thiophene rings is 1. The van der Waals surface area contributed by atoms with Crippen LogP contribution in [-0.4, -0.2) is 34.7 Å². The van der Waals surface area contributed by atoms with Crippen LogP contribution >= 0.6 is 11.3 Å². The van der Waals surface area contributed by atoms with E-state index in [1.54, 1.807) is 11.3 Å². The zero-order valence-electron chi connectivity index (χ0n) is 16.5. The Kier molecular flexibility index (Phi) is 5.36. The van der Waals surface area contributed by atoms with E-state index in [-0.39, 0.29) is 11.7 Å². The van der Waals surface area contributed by atoms with Crippen LogP contribution in [0, 0.1) is 13.8 Å². The molecule has 1 aliphatic heterocycles. The minimum atomic E-state index is 0.0863. The van der Waals surface area contributed by atoms with Gasteiger partial charge in [0, 0.05) is 58.4 Å². The molecule has 4 rings (SSSR count). The van der Waals surface area contributed by atoms with Crippen LogP contribution < -0.4 is 0 Å². The predicted octanol–water partition coefficient (Wildman–Crippen LogP) is 5.22. The number of hydrogen-bond acceptors (Lipinski definition) is 3. The first-order valence-electron chi connectivity index (χ1n) is 9.97. The maximum atomic E-state index is 12.6. The fourth-order valence-corrected chi connectivity index (χ4v) is 5.12. The average molecular weight is 395 g/mol. The third-order valence-electron chi connectivity index (χ3n) is 5.75. The van der Waals surface area contributed by atoms with Gasteiger partial charge in [-0.15, -0.1) is 11.3 Å². The number of benzene rings is 1. The Bertz CT molecular complexity index is 976. The monoisotopic (exact) mass is 394 g/mol. The van der Waals surface area contributed by atoms with Crippen LogP contribution in [0.1, 0.15) is 57.4 Å². The van der Waals surface area contributed by atoms with Crippen molar-refractivity contribution in [1.82, 2.24) is 9.88 Å². The molecule has 0 bridgehead atoms. The molecule has 1 N–H and O–H groups in total. The molecule has 0 spiro atoms. The van der Waals surface area contributed by atoms with Crippen LogP contribution in [0.3, 0.4) is 0 Å². The van der Waals surface area contributed by atoms with Crippen LogP contribution in [0.4, 0.5) is 0 Å². The number of aryl methyl sites for hydroxylation is 2. The molecular formula is C23H26N2O2S. The number of carbonyl (C=O) groups is 2. The second-order valence-corrected chi connectivity index (χ2v) is 9.18. The van der Waals surface area contributed by atoms with Gasteiger partial charge in [0.1, 0.15) is 0 Å². The number of para-hydroxylation sites is 1. The zero-order chi connectivity index (χ0) is 19.7. The zero-order valence-corrected chi connectivity index (χ0v) is 17.3. The lowest BCUT2D eigenvalue weighted by Crippen LogP contribution is -2.38. The summed E-state index contributed by atoms with van der Waals surface area (Å²) in [7, 11) is 0. The first-order chi connectivity index (χ1) is 13.5. The average Bonchev–Trinajstić information content (AvgIpc) is 3.28. The van der Waals surface area contributed by atoms with Crippen molar-refractivity contribution in [2.75, 3.05) is 13.1 Å². The normalized spacial score (nSPS) is 15.3. The topological polar surface area (TPSA) is 53.2 Å². The molecule has 1 saturated heterocycles. The molecule has 0 unspecified atom stereocenters. The highest BCUT2D eigenvalue weighted by atomic mass is 32.1. The number of fused-ring (bicyclic) bond motifs is 1. The lowest BCUT2D eigenvalue weighted by Gasteiger charge is -2.31. The SMILES string of the molecule is Cc1cc(C(=O)CCC(=O)N2CCC(c3cc4ccccc4[nH]3)CC2)c(C)s1. The molecule has 5 heteroatoms. The Balaban J connectivity index is 1.30. The van der Waals surface area contributed by atoms with Crippen LogP contribution in [-0.2, 0) is 4.79 Å². The number of H-pyrrole nitrogens is 1. The van der Waals surface area contributed by atoms with E-state index >= 15 is 0 Å². The van der Waals surface area contributed by atoms with E-state index in [0.29, 0.717) is 18.8 Å². The number of rotatable bonds is 5. The standard InChI is InChI=1S/C23H26N2O2S/c1-15-13-19(16(2)28-15)22(26)7-8-23(27)25-11-9-17(10-12-25)21-14-18-5-3-4-6-20(18)24-21/h3-6,13-14,17,24H,7-12H2,1-2H3. The molecule has 0 atom stereocenters. The molecule has 1 aliphatic rings. The summed E-state index contributed by atoms with van der Waals surface area (Å²) in [6.45, 7) is 5.52. The predicted molar refractivity (Wildman–Crippen MR) is 114 cm³/mol. The first kappa shape index (κ1) is 18.9. The summed E-state index contributed by atoms with van der Waals surface area (Å²) in [5.74, 6) is 0.658. The molecule has 4 nitrogen and oxygen atoms in total. The Morgan fingerprint density at radius 2 is 1.86 bits per heavy atom. The third-order valence-corrected chi connectivity index (χ3v) is 6.71. The van der Waals surface area contributed by atoms with Crippen LogP contribution in [0.5, 0.6) is 0 Å². The van der Waals surface area contributed by atoms with Crippen molar-refractivity contribution in [3.63, 3.8) is 0 Å². The van der Waals surface area contributed by atoms with Gasteiger partial charge in [-0.2, -0.15) is 0 Å². The number of piperidine rings is 1. The lowest BCUT2D eigenvalue weighted by molar-refractivity contribution is -0.132. The van der Waals surface area contributed by atoms with E-state index in [1.807, 2.05) is 30.9 Å². The maximum absolute atomic E-state index is 12.6. The number of Topliss-reactive ketones (excluding diaryl/α,β-unsaturated/α-hetero) is 1. The quantitative estimate of drug-likeness (QED) is 0.604. The summed E-state index contributed by atoms with van der Waals surface area (Å²) in [5, 5.41) is 1.24. The molecule has 146 valence electrons. The van der Waals surface area contributed by atoms with Gasteiger partial charge in [-0.05, 0) is 50.3 Å². The third kappa shape index (κ3) is 3.90. The molecule has 1 amide bonds. The van der Waals surface area contributed by atoms with Gasteiger partial charge in [-0.3, -0.25) is 9.59 Å². The molecule has 0 radical (unpaired) electrons. The fraction of sp³-hybridized carbons (Fsp3) is 0.391. The molecule has 0 aliphatic carbocycles. The van der Waals surface area contributed by atoms with Crippen molar-refractivity contribution in [1.29, 1.82) is 0 Å². The van der Waals surface area contributed by atoms with Gasteiger partial charge in [-0.1, -0.05) is 18.2 Å². The van der Waals surface area contributed by atoms with Crippen molar-refractivity contribution in [3.8, 4) is 0 Å². The van der Waals surface area contributed by atoms with Gasteiger partial charge in [0.15, 0.2) is 5.78 Å². The Labute approximate surface area is 169 Å². The van der Waals surface area contributed by atoms with Gasteiger partial charge < -0.3 is 9.88 Å². The number of hydrogen-bond donors (Lipinski definition) is 1. The minimum absolute atomic E-state index is 0.0863. The number of amides is 1. The number of nitrogens with zero attached hydrogens (tertiary/aromatic N) is 1. The molecule has 0 saturated carbocycles. The summed E-state index contributed by atoms with van der Waals surface area (Å²) in [6, 6.07) is 12.5. The number of aromatic nitrogens is 1. The largest absolute Gasteiger partial charge is 0.358 e. The molecular weight excluding hydrogens is 368 g/mol. The second kappa shape index (κ2) is 7.92. The van der Waals surface area contributed by atoms with Gasteiger partial charge in [0.25, 0.3) is 0 Å². The number of likely N-dealkylation sites (tertiary alicyclic amines) is 1. The Morgan fingerprint density at radius 1 is 1.11 bits per heavy atom. The van der Waals surface area contributed by atoms with E-state index < -0.39 is 0 Å². The van der Waals surface area contributed by atoms with E-state index in [9.17, 15) is 9.59 Å². The number of ketones is 1. The van der Waals surface area contributed by atoms with Crippen molar-refractivity contribution < 1.29 is 9.59 Å². The molecule has 2 aromatic heterocycles. The van der Waals surface area contributed by atoms with Gasteiger partial charge in [0.2, 0.25) is 5.91 Å². The highest BCUT2D eigenvalue weighted by molar-refractivity contribution is 7.12. The lowest BCUT2D eigenvalue weighted by atomic mass is 9.93. The van der Waals surface area contributed by atoms with E-state index in [0.717, 1.165) is 41.2 Å². The summed E-state index contributed by atoms with van der Waals surface area (Å²) >= 11 is 1.64. The smallest absolute Gasteiger partial charge is 0.223 e. The van der Waals surface area contributed by atoms with Crippen molar-refractivity contribution in [3.05, 3.63) is 57.4 Å². The van der Waals surface area contributed by atoms with Crippen molar-refractivity contribution >= 4 is 33.9 Å². The van der Waals surface area contributed by atoms with E-state index in [4.69, 9.17) is 0 Å². The van der Waals surface area contributed by atoms with Crippen molar-refractivity contribution in [2.24, 2.45) is 0 Å². The fourth-order valence-electron chi connectivity index (χ4n) is 4.18. The Hall–Kier alpha value is -2.40. The summed E-state index contributed by atoms with van der Waals surface area (Å²) in [5.41, 5.74) is 3.23. The van der Waals surface area contributed by atoms with Gasteiger partial charge in [0.05, 0.1) is 0 Å². The van der Waals surface area contributed by atoms with E-state index in [1.165, 1.54) is 16.6 Å². The maximum Gasteiger partial charge on any atom is 0.223 e. The minimum Gasteiger partial charge on any atom is -0.358 e. The second-order valence-electron chi connectivity index (χ2n) is 7.72. The summed E-state index contributed by atoms with van der Waals surface area (Å²) in [4.78, 5) is 32.6. The van der Waals surface area contributed by atoms with E-state index in [2.05, 4.69) is 29.2 Å². The molecule has 28 heavy (non-hydrogen) atoms. The van der Waals surface area contributed by atoms with Crippen LogP contribution in [0.25, 0.3) is 10.9 Å².